The lowest BCUT2D eigenvalue weighted by Gasteiger charge is -2.33. The summed E-state index contributed by atoms with van der Waals surface area (Å²) in [7, 11) is 1.29. The number of β-amino-alcohol motifs (C(OH)–C–C–N with tert-alkyl or cyclic N) is 1. The van der Waals surface area contributed by atoms with Gasteiger partial charge in [-0.05, 0) is 25.0 Å². The van der Waals surface area contributed by atoms with Crippen molar-refractivity contribution in [3.63, 3.8) is 0 Å². The van der Waals surface area contributed by atoms with E-state index in [9.17, 15) is 22.7 Å². The Kier molecular flexibility index (Phi) is 7.74. The van der Waals surface area contributed by atoms with Crippen LogP contribution in [0.25, 0.3) is 22.4 Å². The molecule has 1 saturated heterocycles. The number of alkyl halides is 2. The number of nitrogens with zero attached hydrogens (tertiary/aromatic N) is 5. The maximum absolute atomic E-state index is 14.8. The third kappa shape index (κ3) is 5.78. The Labute approximate surface area is 227 Å². The van der Waals surface area contributed by atoms with E-state index in [4.69, 9.17) is 10.5 Å². The van der Waals surface area contributed by atoms with E-state index in [1.165, 1.54) is 30.3 Å². The minimum absolute atomic E-state index is 0.0572. The highest BCUT2D eigenvalue weighted by molar-refractivity contribution is 5.82. The van der Waals surface area contributed by atoms with Gasteiger partial charge >= 0.3 is 0 Å². The van der Waals surface area contributed by atoms with Crippen molar-refractivity contribution in [2.75, 3.05) is 36.1 Å². The summed E-state index contributed by atoms with van der Waals surface area (Å²) in [5, 5.41) is 17.4. The molecule has 0 saturated carbocycles. The van der Waals surface area contributed by atoms with Gasteiger partial charge in [-0.15, -0.1) is 0 Å². The number of nitrogens with two attached hydrogens (primary N) is 1. The molecule has 4 aromatic rings. The molecule has 4 N–H and O–H groups in total. The van der Waals surface area contributed by atoms with Crippen molar-refractivity contribution in [3.05, 3.63) is 60.6 Å². The second-order valence-electron chi connectivity index (χ2n) is 9.40. The van der Waals surface area contributed by atoms with Crippen molar-refractivity contribution in [2.45, 2.75) is 31.9 Å². The number of hydrogen-bond donors (Lipinski definition) is 3. The largest absolute Gasteiger partial charge is 0.496 e. The van der Waals surface area contributed by atoms with Gasteiger partial charge in [-0.3, -0.25) is 4.68 Å². The van der Waals surface area contributed by atoms with Crippen LogP contribution in [0.3, 0.4) is 0 Å². The summed E-state index contributed by atoms with van der Waals surface area (Å²) in [6.45, 7) is 0.525. The molecular weight excluding hydrogens is 530 g/mol. The molecule has 210 valence electrons. The molecular formula is C27H27F4N7O2. The van der Waals surface area contributed by atoms with Crippen molar-refractivity contribution >= 4 is 23.0 Å². The van der Waals surface area contributed by atoms with E-state index < -0.39 is 30.7 Å². The van der Waals surface area contributed by atoms with Crippen molar-refractivity contribution in [1.82, 2.24) is 19.7 Å². The maximum atomic E-state index is 14.8. The second-order valence-corrected chi connectivity index (χ2v) is 9.40. The van der Waals surface area contributed by atoms with Crippen LogP contribution in [-0.2, 0) is 6.54 Å². The van der Waals surface area contributed by atoms with Crippen LogP contribution in [0.4, 0.5) is 40.6 Å². The fourth-order valence-corrected chi connectivity index (χ4v) is 4.73. The number of hydrogen-bond acceptors (Lipinski definition) is 8. The van der Waals surface area contributed by atoms with E-state index in [0.29, 0.717) is 36.5 Å². The van der Waals surface area contributed by atoms with Crippen molar-refractivity contribution in [2.24, 2.45) is 0 Å². The molecule has 9 nitrogen and oxygen atoms in total. The van der Waals surface area contributed by atoms with Gasteiger partial charge < -0.3 is 25.8 Å². The number of halogens is 4. The molecule has 0 bridgehead atoms. The summed E-state index contributed by atoms with van der Waals surface area (Å²) in [6.07, 6.45) is 2.99. The number of benzene rings is 1. The van der Waals surface area contributed by atoms with Crippen molar-refractivity contribution in [1.29, 1.82) is 0 Å². The highest BCUT2D eigenvalue weighted by Gasteiger charge is 2.23. The number of aromatic nitrogens is 4. The van der Waals surface area contributed by atoms with E-state index in [-0.39, 0.29) is 28.5 Å². The lowest BCUT2D eigenvalue weighted by atomic mass is 10.0. The van der Waals surface area contributed by atoms with E-state index in [1.807, 2.05) is 4.90 Å². The molecule has 13 heteroatoms. The minimum atomic E-state index is -2.55. The number of aliphatic hydroxyl groups is 1. The Morgan fingerprint density at radius 2 is 2.00 bits per heavy atom. The molecule has 0 amide bonds. The molecule has 5 rings (SSSR count). The van der Waals surface area contributed by atoms with Gasteiger partial charge in [0.05, 0.1) is 36.3 Å². The van der Waals surface area contributed by atoms with E-state index in [0.717, 1.165) is 24.2 Å². The van der Waals surface area contributed by atoms with Gasteiger partial charge in [0.2, 0.25) is 0 Å². The first kappa shape index (κ1) is 27.2. The number of nitrogens with one attached hydrogen (secondary N) is 1. The highest BCUT2D eigenvalue weighted by atomic mass is 19.3. The van der Waals surface area contributed by atoms with Gasteiger partial charge in [0.25, 0.3) is 6.43 Å². The quantitative estimate of drug-likeness (QED) is 0.264. The summed E-state index contributed by atoms with van der Waals surface area (Å²) in [5.41, 5.74) is 8.19. The molecule has 1 aliphatic heterocycles. The third-order valence-electron chi connectivity index (χ3n) is 6.55. The van der Waals surface area contributed by atoms with Crippen LogP contribution < -0.4 is 20.7 Å². The van der Waals surface area contributed by atoms with Crippen LogP contribution in [0.1, 0.15) is 12.8 Å². The first-order chi connectivity index (χ1) is 19.2. The summed E-state index contributed by atoms with van der Waals surface area (Å²) in [6, 6.07) is 6.64. The molecule has 1 aliphatic rings. The molecule has 1 aromatic carbocycles. The SMILES string of the molecule is COc1cc(F)cc(F)c1-c1nc(Nc2cc(N3CCC[C@H](O)C3)c(-c3cnn(CC(F)F)c3)cn2)ccc1N. The molecule has 40 heavy (non-hydrogen) atoms. The van der Waals surface area contributed by atoms with Gasteiger partial charge in [-0.2, -0.15) is 5.10 Å². The van der Waals surface area contributed by atoms with Gasteiger partial charge in [0, 0.05) is 54.8 Å². The number of rotatable bonds is 8. The molecule has 1 fully saturated rings. The van der Waals surface area contributed by atoms with Crippen molar-refractivity contribution < 1.29 is 27.4 Å². The van der Waals surface area contributed by atoms with Crippen LogP contribution in [0.5, 0.6) is 5.75 Å². The molecule has 3 aromatic heterocycles. The molecule has 0 unspecified atom stereocenters. The Bertz CT molecular complexity index is 1510. The fourth-order valence-electron chi connectivity index (χ4n) is 4.73. The van der Waals surface area contributed by atoms with Gasteiger partial charge in [-0.25, -0.2) is 27.5 Å². The van der Waals surface area contributed by atoms with E-state index in [1.54, 1.807) is 18.3 Å². The summed E-state index contributed by atoms with van der Waals surface area (Å²) in [5.74, 6) is -1.08. The summed E-state index contributed by atoms with van der Waals surface area (Å²) in [4.78, 5) is 10.9. The predicted octanol–water partition coefficient (Wildman–Crippen LogP) is 4.85. The Morgan fingerprint density at radius 3 is 2.75 bits per heavy atom. The third-order valence-corrected chi connectivity index (χ3v) is 6.55. The van der Waals surface area contributed by atoms with Gasteiger partial charge in [0.15, 0.2) is 0 Å². The number of pyridine rings is 2. The maximum Gasteiger partial charge on any atom is 0.257 e. The number of piperidine rings is 1. The first-order valence-corrected chi connectivity index (χ1v) is 12.5. The number of anilines is 4. The van der Waals surface area contributed by atoms with Gasteiger partial charge in [-0.1, -0.05) is 0 Å². The normalized spacial score (nSPS) is 15.5. The summed E-state index contributed by atoms with van der Waals surface area (Å²) < 4.78 is 60.6. The summed E-state index contributed by atoms with van der Waals surface area (Å²) >= 11 is 0. The lowest BCUT2D eigenvalue weighted by Crippen LogP contribution is -2.38. The standard InChI is InChI=1S/C27H27F4N7O2/c1-40-22-8-16(28)7-19(29)26(22)27-20(32)4-5-24(36-27)35-25-9-21(37-6-2-3-17(39)13-37)18(11-33-25)15-10-34-38(12-15)14-23(30)31/h4-5,7-12,17,23,39H,2-3,6,13-14,32H2,1H3,(H,33,35,36)/t17-/m0/s1. The number of nitrogen functional groups attached to an aromatic ring is 1. The Hall–Kier alpha value is -4.39. The lowest BCUT2D eigenvalue weighted by molar-refractivity contribution is 0.122. The number of ether oxygens (including phenoxy) is 1. The van der Waals surface area contributed by atoms with Crippen molar-refractivity contribution in [3.8, 4) is 28.1 Å². The Morgan fingerprint density at radius 1 is 1.18 bits per heavy atom. The average molecular weight is 558 g/mol. The molecule has 0 radical (unpaired) electrons. The molecule has 4 heterocycles. The minimum Gasteiger partial charge on any atom is -0.496 e. The average Bonchev–Trinajstić information content (AvgIpc) is 3.37. The first-order valence-electron chi connectivity index (χ1n) is 12.5. The number of aliphatic hydroxyl groups excluding tert-OH is 1. The predicted molar refractivity (Wildman–Crippen MR) is 143 cm³/mol. The zero-order valence-corrected chi connectivity index (χ0v) is 21.5. The molecule has 1 atom stereocenters. The zero-order valence-electron chi connectivity index (χ0n) is 21.5. The zero-order chi connectivity index (χ0) is 28.4. The molecule has 0 aliphatic carbocycles. The monoisotopic (exact) mass is 557 g/mol. The highest BCUT2D eigenvalue weighted by Crippen LogP contribution is 2.38. The Balaban J connectivity index is 1.51. The van der Waals surface area contributed by atoms with Crippen LogP contribution >= 0.6 is 0 Å². The fraction of sp³-hybridized carbons (Fsp3) is 0.296. The van der Waals surface area contributed by atoms with Crippen LogP contribution in [-0.4, -0.2) is 57.6 Å². The second kappa shape index (κ2) is 11.4. The van der Waals surface area contributed by atoms with Crippen LogP contribution in [0, 0.1) is 11.6 Å². The smallest absolute Gasteiger partial charge is 0.257 e. The van der Waals surface area contributed by atoms with Crippen LogP contribution in [0.15, 0.2) is 48.9 Å². The molecule has 0 spiro atoms. The van der Waals surface area contributed by atoms with Crippen LogP contribution in [0.2, 0.25) is 0 Å². The van der Waals surface area contributed by atoms with E-state index >= 15 is 0 Å². The van der Waals surface area contributed by atoms with E-state index in [2.05, 4.69) is 20.4 Å². The number of methoxy groups -OCH3 is 1. The topological polar surface area (TPSA) is 114 Å². The van der Waals surface area contributed by atoms with Gasteiger partial charge in [0.1, 0.15) is 41.3 Å².